The molecular formula is C24H24N6O. The van der Waals surface area contributed by atoms with Gasteiger partial charge >= 0.3 is 0 Å². The second kappa shape index (κ2) is 8.55. The zero-order chi connectivity index (χ0) is 22.0. The largest absolute Gasteiger partial charge is 0.297 e. The van der Waals surface area contributed by atoms with Gasteiger partial charge in [0.25, 0.3) is 0 Å². The molecule has 7 nitrogen and oxygen atoms in total. The van der Waals surface area contributed by atoms with Crippen LogP contribution in [-0.2, 0) is 17.8 Å². The lowest BCUT2D eigenvalue weighted by atomic mass is 10.0. The van der Waals surface area contributed by atoms with Crippen LogP contribution in [0.25, 0.3) is 22.4 Å². The fraction of sp³-hybridized carbons (Fsp3) is 0.250. The van der Waals surface area contributed by atoms with E-state index in [1.54, 1.807) is 35.7 Å². The summed E-state index contributed by atoms with van der Waals surface area (Å²) in [6.07, 6.45) is 8.79. The van der Waals surface area contributed by atoms with Gasteiger partial charge < -0.3 is 0 Å². The van der Waals surface area contributed by atoms with E-state index in [-0.39, 0.29) is 18.7 Å². The van der Waals surface area contributed by atoms with Crippen molar-refractivity contribution in [2.45, 2.75) is 40.7 Å². The Balaban J connectivity index is 1.51. The van der Waals surface area contributed by atoms with E-state index in [1.165, 1.54) is 0 Å². The van der Waals surface area contributed by atoms with Crippen LogP contribution < -0.4 is 0 Å². The summed E-state index contributed by atoms with van der Waals surface area (Å²) in [7, 11) is 0. The third-order valence-corrected chi connectivity index (χ3v) is 5.30. The summed E-state index contributed by atoms with van der Waals surface area (Å²) in [4.78, 5) is 30.0. The van der Waals surface area contributed by atoms with Gasteiger partial charge in [-0.25, -0.2) is 0 Å². The number of aromatic nitrogens is 6. The van der Waals surface area contributed by atoms with Gasteiger partial charge in [0.15, 0.2) is 5.78 Å². The lowest BCUT2D eigenvalue weighted by molar-refractivity contribution is -0.119. The minimum Gasteiger partial charge on any atom is -0.297 e. The van der Waals surface area contributed by atoms with Gasteiger partial charge in [0.2, 0.25) is 0 Å². The van der Waals surface area contributed by atoms with E-state index in [2.05, 4.69) is 25.0 Å². The van der Waals surface area contributed by atoms with E-state index in [1.807, 2.05) is 45.9 Å². The third kappa shape index (κ3) is 4.40. The van der Waals surface area contributed by atoms with Crippen LogP contribution in [0.5, 0.6) is 0 Å². The van der Waals surface area contributed by atoms with E-state index in [0.29, 0.717) is 0 Å². The number of aryl methyl sites for hydroxylation is 3. The Morgan fingerprint density at radius 2 is 1.77 bits per heavy atom. The van der Waals surface area contributed by atoms with Gasteiger partial charge in [-0.2, -0.15) is 5.10 Å². The van der Waals surface area contributed by atoms with Crippen LogP contribution in [0.1, 0.15) is 28.3 Å². The molecule has 0 aliphatic carbocycles. The number of pyridine rings is 2. The Hall–Kier alpha value is -3.74. The fourth-order valence-electron chi connectivity index (χ4n) is 3.76. The Bertz CT molecular complexity index is 1250. The number of nitrogens with zero attached hydrogens (tertiary/aromatic N) is 6. The second-order valence-electron chi connectivity index (χ2n) is 7.68. The van der Waals surface area contributed by atoms with E-state index < -0.39 is 0 Å². The molecule has 7 heteroatoms. The Morgan fingerprint density at radius 1 is 0.935 bits per heavy atom. The lowest BCUT2D eigenvalue weighted by Crippen LogP contribution is -2.16. The average Bonchev–Trinajstić information content (AvgIpc) is 3.03. The number of carbonyl (C=O) groups is 1. The molecule has 0 radical (unpaired) electrons. The summed E-state index contributed by atoms with van der Waals surface area (Å²) in [5.74, 6) is 0.0610. The van der Waals surface area contributed by atoms with Crippen LogP contribution >= 0.6 is 0 Å². The molecule has 4 heterocycles. The van der Waals surface area contributed by atoms with Crippen molar-refractivity contribution in [3.63, 3.8) is 0 Å². The molecule has 0 unspecified atom stereocenters. The maximum Gasteiger partial charge on any atom is 0.160 e. The van der Waals surface area contributed by atoms with Crippen molar-refractivity contribution < 1.29 is 4.79 Å². The van der Waals surface area contributed by atoms with Crippen molar-refractivity contribution in [1.29, 1.82) is 0 Å². The second-order valence-corrected chi connectivity index (χ2v) is 7.68. The van der Waals surface area contributed by atoms with Crippen LogP contribution in [0.3, 0.4) is 0 Å². The summed E-state index contributed by atoms with van der Waals surface area (Å²) >= 11 is 0. The first-order valence-corrected chi connectivity index (χ1v) is 10.1. The topological polar surface area (TPSA) is 86.5 Å². The van der Waals surface area contributed by atoms with Crippen molar-refractivity contribution in [2.75, 3.05) is 0 Å². The van der Waals surface area contributed by atoms with Crippen LogP contribution in [0.15, 0.2) is 49.2 Å². The molecule has 0 N–H and O–H groups in total. The molecule has 0 bridgehead atoms. The van der Waals surface area contributed by atoms with E-state index in [0.717, 1.165) is 50.7 Å². The quantitative estimate of drug-likeness (QED) is 0.478. The summed E-state index contributed by atoms with van der Waals surface area (Å²) in [6, 6.07) is 6.00. The number of hydrogen-bond acceptors (Lipinski definition) is 6. The molecule has 0 atom stereocenters. The summed E-state index contributed by atoms with van der Waals surface area (Å²) in [6.45, 7) is 8.10. The molecule has 0 aliphatic rings. The normalized spacial score (nSPS) is 11.0. The number of ketones is 1. The van der Waals surface area contributed by atoms with Gasteiger partial charge in [0.05, 0.1) is 29.7 Å². The highest BCUT2D eigenvalue weighted by molar-refractivity contribution is 5.81. The van der Waals surface area contributed by atoms with Crippen molar-refractivity contribution >= 4 is 5.78 Å². The lowest BCUT2D eigenvalue weighted by Gasteiger charge is -2.08. The van der Waals surface area contributed by atoms with Crippen molar-refractivity contribution in [2.24, 2.45) is 0 Å². The zero-order valence-corrected chi connectivity index (χ0v) is 18.1. The van der Waals surface area contributed by atoms with Gasteiger partial charge in [-0.3, -0.25) is 29.4 Å². The number of Topliss-reactive ketones (excluding diaryl/α,β-unsaturated/α-hetero) is 1. The van der Waals surface area contributed by atoms with Crippen molar-refractivity contribution in [1.82, 2.24) is 29.7 Å². The SMILES string of the molecule is Cc1cc(-c2c(C)nn(CC(=O)Cc3ncc(-c4cnccn4)cc3C)c2C)ccn1. The summed E-state index contributed by atoms with van der Waals surface area (Å²) in [5.41, 5.74) is 8.32. The first-order chi connectivity index (χ1) is 14.9. The maximum absolute atomic E-state index is 12.8. The van der Waals surface area contributed by atoms with Crippen LogP contribution in [0.2, 0.25) is 0 Å². The van der Waals surface area contributed by atoms with Gasteiger partial charge in [0, 0.05) is 47.3 Å². The Labute approximate surface area is 181 Å². The van der Waals surface area contributed by atoms with E-state index in [4.69, 9.17) is 0 Å². The summed E-state index contributed by atoms with van der Waals surface area (Å²) in [5, 5.41) is 4.61. The number of hydrogen-bond donors (Lipinski definition) is 0. The van der Waals surface area contributed by atoms with Gasteiger partial charge in [-0.1, -0.05) is 0 Å². The molecule has 0 amide bonds. The molecule has 0 saturated carbocycles. The Kier molecular flexibility index (Phi) is 5.66. The predicted molar refractivity (Wildman–Crippen MR) is 118 cm³/mol. The monoisotopic (exact) mass is 412 g/mol. The average molecular weight is 412 g/mol. The van der Waals surface area contributed by atoms with Crippen molar-refractivity contribution in [3.8, 4) is 22.4 Å². The first kappa shape index (κ1) is 20.5. The maximum atomic E-state index is 12.8. The molecule has 0 fully saturated rings. The van der Waals surface area contributed by atoms with Crippen LogP contribution in [-0.4, -0.2) is 35.5 Å². The fourth-order valence-corrected chi connectivity index (χ4v) is 3.76. The molecule has 0 spiro atoms. The van der Waals surface area contributed by atoms with E-state index in [9.17, 15) is 4.79 Å². The highest BCUT2D eigenvalue weighted by Crippen LogP contribution is 2.27. The molecular weight excluding hydrogens is 388 g/mol. The van der Waals surface area contributed by atoms with Gasteiger partial charge in [-0.05, 0) is 57.0 Å². The highest BCUT2D eigenvalue weighted by atomic mass is 16.1. The molecule has 0 aliphatic heterocycles. The third-order valence-electron chi connectivity index (χ3n) is 5.30. The van der Waals surface area contributed by atoms with Crippen molar-refractivity contribution in [3.05, 3.63) is 77.5 Å². The smallest absolute Gasteiger partial charge is 0.160 e. The minimum atomic E-state index is 0.0610. The van der Waals surface area contributed by atoms with Crippen LogP contribution in [0.4, 0.5) is 0 Å². The standard InChI is InChI=1S/C24H24N6O/c1-15-9-20(23-13-25-7-8-27-23)12-28-22(15)11-21(31)14-30-18(4)24(17(3)29-30)19-5-6-26-16(2)10-19/h5-10,12-13H,11,14H2,1-4H3. The van der Waals surface area contributed by atoms with Gasteiger partial charge in [-0.15, -0.1) is 0 Å². The molecule has 31 heavy (non-hydrogen) atoms. The zero-order valence-electron chi connectivity index (χ0n) is 18.1. The number of carbonyl (C=O) groups excluding carboxylic acids is 1. The molecule has 0 saturated heterocycles. The number of rotatable bonds is 6. The summed E-state index contributed by atoms with van der Waals surface area (Å²) < 4.78 is 1.78. The molecule has 4 aromatic rings. The highest BCUT2D eigenvalue weighted by Gasteiger charge is 2.17. The molecule has 0 aromatic carbocycles. The van der Waals surface area contributed by atoms with Gasteiger partial charge in [0.1, 0.15) is 6.54 Å². The molecule has 156 valence electrons. The molecule has 4 aromatic heterocycles. The van der Waals surface area contributed by atoms with E-state index >= 15 is 0 Å². The predicted octanol–water partition coefficient (Wildman–Crippen LogP) is 3.84. The Morgan fingerprint density at radius 3 is 2.48 bits per heavy atom. The minimum absolute atomic E-state index is 0.0610. The van der Waals surface area contributed by atoms with Crippen LogP contribution in [0, 0.1) is 27.7 Å². The first-order valence-electron chi connectivity index (χ1n) is 10.1. The molecule has 4 rings (SSSR count).